The van der Waals surface area contributed by atoms with Crippen LogP contribution < -0.4 is 5.32 Å². The first kappa shape index (κ1) is 23.4. The largest absolute Gasteiger partial charge is 0.394 e. The van der Waals surface area contributed by atoms with E-state index in [4.69, 9.17) is 5.11 Å². The van der Waals surface area contributed by atoms with Gasteiger partial charge in [0.25, 0.3) is 0 Å². The van der Waals surface area contributed by atoms with E-state index in [1.807, 2.05) is 6.92 Å². The minimum Gasteiger partial charge on any atom is -0.394 e. The molecule has 0 aromatic heterocycles. The zero-order valence-corrected chi connectivity index (χ0v) is 16.1. The van der Waals surface area contributed by atoms with Crippen LogP contribution in [0.5, 0.6) is 0 Å². The van der Waals surface area contributed by atoms with Crippen LogP contribution in [0.15, 0.2) is 0 Å². The van der Waals surface area contributed by atoms with Gasteiger partial charge >= 0.3 is 0 Å². The zero-order chi connectivity index (χ0) is 18.0. The Morgan fingerprint density at radius 2 is 1.38 bits per heavy atom. The monoisotopic (exact) mass is 343 g/mol. The molecular weight excluding hydrogens is 302 g/mol. The number of carbonyl (C=O) groups is 1. The number of aliphatic hydroxyl groups is 2. The molecule has 0 bridgehead atoms. The fraction of sp³-hybridized carbons (Fsp3) is 0.950. The van der Waals surface area contributed by atoms with Crippen molar-refractivity contribution in [3.05, 3.63) is 0 Å². The summed E-state index contributed by atoms with van der Waals surface area (Å²) >= 11 is 0. The van der Waals surface area contributed by atoms with Gasteiger partial charge in [0.1, 0.15) is 0 Å². The highest BCUT2D eigenvalue weighted by atomic mass is 16.3. The van der Waals surface area contributed by atoms with E-state index in [-0.39, 0.29) is 18.6 Å². The van der Waals surface area contributed by atoms with E-state index in [0.717, 1.165) is 19.3 Å². The summed E-state index contributed by atoms with van der Waals surface area (Å²) in [6.07, 6.45) is 15.1. The molecule has 0 rings (SSSR count). The number of rotatable bonds is 17. The summed E-state index contributed by atoms with van der Waals surface area (Å²) in [5, 5.41) is 21.3. The fourth-order valence-electron chi connectivity index (χ4n) is 2.98. The number of hydrogen-bond donors (Lipinski definition) is 3. The van der Waals surface area contributed by atoms with Gasteiger partial charge in [-0.2, -0.15) is 0 Å². The van der Waals surface area contributed by atoms with Crippen LogP contribution in [0.2, 0.25) is 0 Å². The Morgan fingerprint density at radius 1 is 0.875 bits per heavy atom. The summed E-state index contributed by atoms with van der Waals surface area (Å²) in [5.74, 6) is 0.0721. The van der Waals surface area contributed by atoms with Gasteiger partial charge in [-0.3, -0.25) is 4.79 Å². The molecule has 0 aliphatic rings. The van der Waals surface area contributed by atoms with Gasteiger partial charge in [0.2, 0.25) is 5.91 Å². The summed E-state index contributed by atoms with van der Waals surface area (Å²) in [4.78, 5) is 11.9. The average Bonchev–Trinajstić information content (AvgIpc) is 2.58. The molecule has 0 saturated heterocycles. The maximum absolute atomic E-state index is 11.9. The topological polar surface area (TPSA) is 69.6 Å². The van der Waals surface area contributed by atoms with Gasteiger partial charge in [0, 0.05) is 12.5 Å². The molecule has 0 saturated carbocycles. The third-order valence-corrected chi connectivity index (χ3v) is 4.63. The van der Waals surface area contributed by atoms with Crippen molar-refractivity contribution < 1.29 is 15.0 Å². The minimum absolute atomic E-state index is 0.0349. The van der Waals surface area contributed by atoms with E-state index in [1.165, 1.54) is 57.8 Å². The molecule has 4 nitrogen and oxygen atoms in total. The molecule has 0 aliphatic heterocycles. The Kier molecular flexibility index (Phi) is 16.8. The minimum atomic E-state index is -0.739. The highest BCUT2D eigenvalue weighted by Gasteiger charge is 2.14. The summed E-state index contributed by atoms with van der Waals surface area (Å²) < 4.78 is 0. The standard InChI is InChI=1S/C20H41NO3/c1-3-5-6-7-8-9-10-11-12-13-14-15-20(24)21-18(4-2)16-19(23)17-22/h18-19,22-23H,3-17H2,1-2H3,(H,21,24). The lowest BCUT2D eigenvalue weighted by Crippen LogP contribution is -2.37. The van der Waals surface area contributed by atoms with Crippen molar-refractivity contribution in [1.82, 2.24) is 5.32 Å². The molecular formula is C20H41NO3. The Hall–Kier alpha value is -0.610. The van der Waals surface area contributed by atoms with Crippen molar-refractivity contribution in [3.63, 3.8) is 0 Å². The predicted octanol–water partition coefficient (Wildman–Crippen LogP) is 4.33. The number of nitrogens with one attached hydrogen (secondary N) is 1. The van der Waals surface area contributed by atoms with Gasteiger partial charge in [0.15, 0.2) is 0 Å². The van der Waals surface area contributed by atoms with E-state index in [1.54, 1.807) is 0 Å². The predicted molar refractivity (Wildman–Crippen MR) is 101 cm³/mol. The Morgan fingerprint density at radius 3 is 1.83 bits per heavy atom. The van der Waals surface area contributed by atoms with Crippen LogP contribution in [-0.4, -0.2) is 34.9 Å². The van der Waals surface area contributed by atoms with E-state index < -0.39 is 6.10 Å². The van der Waals surface area contributed by atoms with Crippen molar-refractivity contribution in [2.45, 2.75) is 116 Å². The first-order valence-electron chi connectivity index (χ1n) is 10.2. The first-order valence-corrected chi connectivity index (χ1v) is 10.2. The molecule has 0 radical (unpaired) electrons. The van der Waals surface area contributed by atoms with Gasteiger partial charge in [-0.25, -0.2) is 0 Å². The molecule has 3 N–H and O–H groups in total. The summed E-state index contributed by atoms with van der Waals surface area (Å²) in [6.45, 7) is 3.99. The maximum atomic E-state index is 11.9. The highest BCUT2D eigenvalue weighted by Crippen LogP contribution is 2.12. The molecule has 4 heteroatoms. The van der Waals surface area contributed by atoms with Crippen molar-refractivity contribution in [1.29, 1.82) is 0 Å². The van der Waals surface area contributed by atoms with Gasteiger partial charge in [-0.15, -0.1) is 0 Å². The molecule has 2 atom stereocenters. The molecule has 144 valence electrons. The second-order valence-corrected chi connectivity index (χ2v) is 7.03. The van der Waals surface area contributed by atoms with Crippen LogP contribution in [0, 0.1) is 0 Å². The SMILES string of the molecule is CCCCCCCCCCCCCC(=O)NC(CC)CC(O)CO. The van der Waals surface area contributed by atoms with E-state index in [2.05, 4.69) is 12.2 Å². The molecule has 24 heavy (non-hydrogen) atoms. The van der Waals surface area contributed by atoms with Crippen molar-refractivity contribution in [2.75, 3.05) is 6.61 Å². The van der Waals surface area contributed by atoms with E-state index in [0.29, 0.717) is 12.8 Å². The molecule has 0 aromatic carbocycles. The highest BCUT2D eigenvalue weighted by molar-refractivity contribution is 5.76. The van der Waals surface area contributed by atoms with Gasteiger partial charge in [-0.1, -0.05) is 78.1 Å². The lowest BCUT2D eigenvalue weighted by Gasteiger charge is -2.19. The van der Waals surface area contributed by atoms with Crippen LogP contribution in [0.3, 0.4) is 0 Å². The quantitative estimate of drug-likeness (QED) is 0.344. The Balaban J connectivity index is 3.45. The lowest BCUT2D eigenvalue weighted by molar-refractivity contribution is -0.122. The summed E-state index contributed by atoms with van der Waals surface area (Å²) in [6, 6.07) is -0.0349. The number of unbranched alkanes of at least 4 members (excludes halogenated alkanes) is 10. The Bertz CT molecular complexity index is 284. The summed E-state index contributed by atoms with van der Waals surface area (Å²) in [5.41, 5.74) is 0. The molecule has 1 amide bonds. The Labute approximate surface area is 149 Å². The van der Waals surface area contributed by atoms with Crippen molar-refractivity contribution in [2.24, 2.45) is 0 Å². The number of amides is 1. The molecule has 0 aromatic rings. The van der Waals surface area contributed by atoms with Crippen LogP contribution in [0.4, 0.5) is 0 Å². The van der Waals surface area contributed by atoms with Crippen molar-refractivity contribution in [3.8, 4) is 0 Å². The van der Waals surface area contributed by atoms with Crippen LogP contribution in [-0.2, 0) is 4.79 Å². The lowest BCUT2D eigenvalue weighted by atomic mass is 10.0. The summed E-state index contributed by atoms with van der Waals surface area (Å²) in [7, 11) is 0. The number of aliphatic hydroxyl groups excluding tert-OH is 2. The molecule has 2 unspecified atom stereocenters. The van der Waals surface area contributed by atoms with Gasteiger partial charge in [-0.05, 0) is 19.3 Å². The van der Waals surface area contributed by atoms with E-state index >= 15 is 0 Å². The van der Waals surface area contributed by atoms with Gasteiger partial charge in [0.05, 0.1) is 12.7 Å². The van der Waals surface area contributed by atoms with Crippen LogP contribution in [0.1, 0.15) is 104 Å². The molecule has 0 fully saturated rings. The number of hydrogen-bond acceptors (Lipinski definition) is 3. The van der Waals surface area contributed by atoms with Crippen molar-refractivity contribution >= 4 is 5.91 Å². The second-order valence-electron chi connectivity index (χ2n) is 7.03. The van der Waals surface area contributed by atoms with Crippen LogP contribution >= 0.6 is 0 Å². The zero-order valence-electron chi connectivity index (χ0n) is 16.1. The first-order chi connectivity index (χ1) is 11.6. The van der Waals surface area contributed by atoms with E-state index in [9.17, 15) is 9.90 Å². The molecule has 0 aliphatic carbocycles. The maximum Gasteiger partial charge on any atom is 0.220 e. The molecule has 0 heterocycles. The smallest absolute Gasteiger partial charge is 0.220 e. The number of carbonyl (C=O) groups excluding carboxylic acids is 1. The normalized spacial score (nSPS) is 13.7. The van der Waals surface area contributed by atoms with Crippen LogP contribution in [0.25, 0.3) is 0 Å². The molecule has 0 spiro atoms. The third-order valence-electron chi connectivity index (χ3n) is 4.63. The third kappa shape index (κ3) is 14.9. The van der Waals surface area contributed by atoms with Gasteiger partial charge < -0.3 is 15.5 Å². The fourth-order valence-corrected chi connectivity index (χ4v) is 2.98. The average molecular weight is 344 g/mol. The second kappa shape index (κ2) is 17.2.